The number of halogens is 4. The predicted molar refractivity (Wildman–Crippen MR) is 113 cm³/mol. The van der Waals surface area contributed by atoms with Crippen molar-refractivity contribution >= 4 is 17.4 Å². The van der Waals surface area contributed by atoms with Crippen molar-refractivity contribution in [1.82, 2.24) is 18.9 Å². The van der Waals surface area contributed by atoms with Gasteiger partial charge in [0.05, 0.1) is 24.2 Å². The maximum atomic E-state index is 13.9. The minimum absolute atomic E-state index is 0.0168. The maximum absolute atomic E-state index is 13.9. The quantitative estimate of drug-likeness (QED) is 0.377. The largest absolute Gasteiger partial charge is 0.468 e. The molecule has 0 aliphatic rings. The molecule has 4 rings (SSSR count). The Morgan fingerprint density at radius 3 is 2.39 bits per heavy atom. The molecule has 3 aromatic heterocycles. The zero-order valence-electron chi connectivity index (χ0n) is 17.6. The second kappa shape index (κ2) is 7.76. The lowest BCUT2D eigenvalue weighted by Gasteiger charge is -2.16. The van der Waals surface area contributed by atoms with Crippen LogP contribution in [0, 0.1) is 20.8 Å². The first-order valence-corrected chi connectivity index (χ1v) is 10.1. The smallest absolute Gasteiger partial charge is 0.435 e. The summed E-state index contributed by atoms with van der Waals surface area (Å²) >= 11 is 6.51. The summed E-state index contributed by atoms with van der Waals surface area (Å²) in [5.74, 6) is 0.798. The van der Waals surface area contributed by atoms with Gasteiger partial charge in [-0.3, -0.25) is 13.9 Å². The number of nitrogens with zero attached hydrogens (tertiary/aromatic N) is 4. The molecule has 4 aromatic rings. The topological polar surface area (TPSA) is 38.6 Å². The third-order valence-electron chi connectivity index (χ3n) is 5.19. The van der Waals surface area contributed by atoms with Gasteiger partial charge in [-0.15, -0.1) is 0 Å². The Labute approximate surface area is 182 Å². The summed E-state index contributed by atoms with van der Waals surface area (Å²) in [7, 11) is 1.73. The summed E-state index contributed by atoms with van der Waals surface area (Å²) in [4.78, 5) is 5.74. The van der Waals surface area contributed by atoms with Crippen molar-refractivity contribution in [2.45, 2.75) is 40.0 Å². The normalized spacial score (nSPS) is 12.4. The number of imidazole rings is 2. The van der Waals surface area contributed by atoms with E-state index in [0.717, 1.165) is 22.4 Å². The van der Waals surface area contributed by atoms with Crippen LogP contribution >= 0.6 is 11.6 Å². The number of benzene rings is 1. The lowest BCUT2D eigenvalue weighted by molar-refractivity contribution is -0.141. The van der Waals surface area contributed by atoms with Gasteiger partial charge in [0, 0.05) is 12.7 Å². The second-order valence-electron chi connectivity index (χ2n) is 7.86. The minimum atomic E-state index is -4.60. The highest BCUT2D eigenvalue weighted by molar-refractivity contribution is 6.30. The van der Waals surface area contributed by atoms with Gasteiger partial charge in [-0.1, -0.05) is 29.3 Å². The van der Waals surface area contributed by atoms with Gasteiger partial charge < -0.3 is 4.42 Å². The van der Waals surface area contributed by atoms with Crippen molar-refractivity contribution < 1.29 is 17.6 Å². The van der Waals surface area contributed by atoms with Crippen LogP contribution in [-0.2, 0) is 19.3 Å². The van der Waals surface area contributed by atoms with E-state index in [0.29, 0.717) is 17.5 Å². The van der Waals surface area contributed by atoms with Gasteiger partial charge in [-0.2, -0.15) is 13.2 Å². The van der Waals surface area contributed by atoms with Crippen LogP contribution in [0.3, 0.4) is 0 Å². The average Bonchev–Trinajstić information content (AvgIpc) is 3.33. The summed E-state index contributed by atoms with van der Waals surface area (Å²) < 4.78 is 50.0. The van der Waals surface area contributed by atoms with Gasteiger partial charge in [0.15, 0.2) is 5.69 Å². The van der Waals surface area contributed by atoms with Crippen molar-refractivity contribution in [3.05, 3.63) is 75.7 Å². The highest BCUT2D eigenvalue weighted by Gasteiger charge is 2.39. The van der Waals surface area contributed by atoms with Crippen LogP contribution in [0.4, 0.5) is 13.2 Å². The Bertz CT molecular complexity index is 1220. The van der Waals surface area contributed by atoms with Gasteiger partial charge in [-0.25, -0.2) is 4.98 Å². The monoisotopic (exact) mass is 450 g/mol. The number of aromatic nitrogens is 3. The molecule has 0 amide bonds. The number of alkyl halides is 3. The van der Waals surface area contributed by atoms with Crippen LogP contribution in [0.2, 0.25) is 5.15 Å². The molecule has 164 valence electrons. The molecule has 1 aromatic carbocycles. The molecule has 0 aliphatic heterocycles. The van der Waals surface area contributed by atoms with Crippen molar-refractivity contribution in [3.63, 3.8) is 0 Å². The van der Waals surface area contributed by atoms with Crippen LogP contribution in [0.5, 0.6) is 0 Å². The van der Waals surface area contributed by atoms with Crippen molar-refractivity contribution in [2.75, 3.05) is 7.05 Å². The van der Waals surface area contributed by atoms with E-state index in [1.54, 1.807) is 28.6 Å². The number of aryl methyl sites for hydroxylation is 3. The van der Waals surface area contributed by atoms with E-state index < -0.39 is 11.9 Å². The molecule has 0 N–H and O–H groups in total. The molecule has 0 fully saturated rings. The number of rotatable bonds is 5. The van der Waals surface area contributed by atoms with Crippen molar-refractivity contribution in [1.29, 1.82) is 0 Å². The third-order valence-corrected chi connectivity index (χ3v) is 5.46. The fourth-order valence-corrected chi connectivity index (χ4v) is 4.35. The molecule has 0 unspecified atom stereocenters. The van der Waals surface area contributed by atoms with Gasteiger partial charge in [0.2, 0.25) is 5.78 Å². The Balaban J connectivity index is 1.86. The molecule has 0 bridgehead atoms. The highest BCUT2D eigenvalue weighted by atomic mass is 35.5. The SMILES string of the molecule is Cc1cc(C)c(-n2c(Cl)cn3c(CN(C)Cc4ccco4)c(C(F)(F)F)nc23)c(C)c1. The lowest BCUT2D eigenvalue weighted by Crippen LogP contribution is -2.21. The Kier molecular flexibility index (Phi) is 5.39. The van der Waals surface area contributed by atoms with Crippen LogP contribution in [0.15, 0.2) is 41.1 Å². The van der Waals surface area contributed by atoms with E-state index >= 15 is 0 Å². The Morgan fingerprint density at radius 1 is 1.13 bits per heavy atom. The first-order chi connectivity index (χ1) is 14.6. The molecular weight excluding hydrogens is 429 g/mol. The molecule has 5 nitrogen and oxygen atoms in total. The van der Waals surface area contributed by atoms with Crippen LogP contribution in [0.1, 0.15) is 33.8 Å². The predicted octanol–water partition coefficient (Wildman–Crippen LogP) is 5.95. The molecule has 0 spiro atoms. The summed E-state index contributed by atoms with van der Waals surface area (Å²) in [6, 6.07) is 7.47. The molecule has 0 atom stereocenters. The van der Waals surface area contributed by atoms with Gasteiger partial charge in [0.1, 0.15) is 10.9 Å². The molecule has 0 aliphatic carbocycles. The van der Waals surface area contributed by atoms with Crippen molar-refractivity contribution in [3.8, 4) is 5.69 Å². The Morgan fingerprint density at radius 2 is 1.81 bits per heavy atom. The van der Waals surface area contributed by atoms with E-state index in [-0.39, 0.29) is 18.0 Å². The van der Waals surface area contributed by atoms with E-state index in [1.807, 2.05) is 32.9 Å². The van der Waals surface area contributed by atoms with Crippen LogP contribution in [-0.4, -0.2) is 25.9 Å². The van der Waals surface area contributed by atoms with Crippen LogP contribution < -0.4 is 0 Å². The van der Waals surface area contributed by atoms with E-state index in [9.17, 15) is 13.2 Å². The van der Waals surface area contributed by atoms with Gasteiger partial charge in [-0.05, 0) is 51.1 Å². The number of hydrogen-bond acceptors (Lipinski definition) is 3. The van der Waals surface area contributed by atoms with Gasteiger partial charge >= 0.3 is 6.18 Å². The fraction of sp³-hybridized carbons (Fsp3) is 0.318. The highest BCUT2D eigenvalue weighted by Crippen LogP contribution is 2.36. The van der Waals surface area contributed by atoms with Gasteiger partial charge in [0.25, 0.3) is 0 Å². The van der Waals surface area contributed by atoms with Crippen LogP contribution in [0.25, 0.3) is 11.5 Å². The van der Waals surface area contributed by atoms with E-state index in [1.165, 1.54) is 16.9 Å². The minimum Gasteiger partial charge on any atom is -0.468 e. The molecule has 31 heavy (non-hydrogen) atoms. The third kappa shape index (κ3) is 3.97. The standard InChI is InChI=1S/C22H22ClF3N4O/c1-13-8-14(2)19(15(3)9-13)30-18(23)12-29-17(20(22(24,25)26)27-21(29)30)11-28(4)10-16-6-5-7-31-16/h5-9,12H,10-11H2,1-4H3. The number of hydrogen-bond donors (Lipinski definition) is 0. The lowest BCUT2D eigenvalue weighted by atomic mass is 10.1. The number of fused-ring (bicyclic) bond motifs is 1. The first-order valence-electron chi connectivity index (χ1n) is 9.70. The van der Waals surface area contributed by atoms with Crippen molar-refractivity contribution in [2.24, 2.45) is 0 Å². The molecule has 0 saturated heterocycles. The summed E-state index contributed by atoms with van der Waals surface area (Å²) in [6.07, 6.45) is -1.57. The van der Waals surface area contributed by atoms with E-state index in [4.69, 9.17) is 16.0 Å². The molecule has 3 heterocycles. The summed E-state index contributed by atoms with van der Waals surface area (Å²) in [6.45, 7) is 6.17. The zero-order chi connectivity index (χ0) is 22.5. The first kappa shape index (κ1) is 21.5. The molecule has 9 heteroatoms. The number of furan rings is 1. The summed E-state index contributed by atoms with van der Waals surface area (Å²) in [5, 5.41) is 0.293. The zero-order valence-corrected chi connectivity index (χ0v) is 18.3. The Hall–Kier alpha value is -2.71. The maximum Gasteiger partial charge on any atom is 0.435 e. The molecular formula is C22H22ClF3N4O. The summed E-state index contributed by atoms with van der Waals surface area (Å²) in [5.41, 5.74) is 2.73. The fourth-order valence-electron chi connectivity index (χ4n) is 4.10. The molecule has 0 radical (unpaired) electrons. The average molecular weight is 451 g/mol. The van der Waals surface area contributed by atoms with E-state index in [2.05, 4.69) is 4.98 Å². The molecule has 0 saturated carbocycles. The second-order valence-corrected chi connectivity index (χ2v) is 8.25.